The Morgan fingerprint density at radius 3 is 2.26 bits per heavy atom. The lowest BCUT2D eigenvalue weighted by molar-refractivity contribution is -0.275. The summed E-state index contributed by atoms with van der Waals surface area (Å²) in [4.78, 5) is 1.91. The molecule has 0 atom stereocenters. The Balaban J connectivity index is 1.23. The van der Waals surface area contributed by atoms with Crippen LogP contribution in [-0.2, 0) is 10.0 Å². The first kappa shape index (κ1) is 24.2. The molecule has 2 aromatic carbocycles. The first-order valence-electron chi connectivity index (χ1n) is 12.0. The van der Waals surface area contributed by atoms with Crippen molar-refractivity contribution < 1.29 is 26.3 Å². The number of nitrogens with zero attached hydrogens (tertiary/aromatic N) is 2. The van der Waals surface area contributed by atoms with E-state index in [9.17, 15) is 21.6 Å². The molecule has 188 valence electrons. The topological polar surface area (TPSA) is 49.9 Å². The van der Waals surface area contributed by atoms with Crippen molar-refractivity contribution in [3.63, 3.8) is 0 Å². The number of ether oxygens (including phenoxy) is 1. The van der Waals surface area contributed by atoms with Crippen LogP contribution in [-0.4, -0.2) is 45.3 Å². The van der Waals surface area contributed by atoms with E-state index in [1.165, 1.54) is 46.6 Å². The highest BCUT2D eigenvalue weighted by Crippen LogP contribution is 2.43. The van der Waals surface area contributed by atoms with Gasteiger partial charge in [-0.15, -0.1) is 13.2 Å². The van der Waals surface area contributed by atoms with Gasteiger partial charge in [-0.05, 0) is 73.3 Å². The molecule has 5 rings (SSSR count). The zero-order valence-corrected chi connectivity index (χ0v) is 20.2. The van der Waals surface area contributed by atoms with Crippen LogP contribution in [0.3, 0.4) is 0 Å². The molecule has 3 aliphatic rings. The summed E-state index contributed by atoms with van der Waals surface area (Å²) in [5.41, 5.74) is 2.38. The van der Waals surface area contributed by atoms with Crippen LogP contribution in [0.2, 0.25) is 0 Å². The molecule has 1 saturated carbocycles. The van der Waals surface area contributed by atoms with Gasteiger partial charge in [0.15, 0.2) is 0 Å². The van der Waals surface area contributed by atoms with Crippen LogP contribution >= 0.6 is 0 Å². The molecule has 2 saturated heterocycles. The molecule has 0 unspecified atom stereocenters. The summed E-state index contributed by atoms with van der Waals surface area (Å²) in [5, 5.41) is 0. The lowest BCUT2D eigenvalue weighted by atomic mass is 9.78. The van der Waals surface area contributed by atoms with Gasteiger partial charge in [0.1, 0.15) is 10.6 Å². The molecule has 0 bridgehead atoms. The van der Waals surface area contributed by atoms with E-state index in [1.807, 2.05) is 0 Å². The second kappa shape index (κ2) is 9.17. The van der Waals surface area contributed by atoms with Crippen molar-refractivity contribution in [1.29, 1.82) is 0 Å². The minimum absolute atomic E-state index is 0.0125. The smallest absolute Gasteiger partial charge is 0.404 e. The molecule has 1 spiro atoms. The number of alkyl halides is 3. The first-order chi connectivity index (χ1) is 16.6. The van der Waals surface area contributed by atoms with Gasteiger partial charge in [-0.2, -0.15) is 4.31 Å². The van der Waals surface area contributed by atoms with E-state index in [2.05, 4.69) is 46.1 Å². The second-order valence-electron chi connectivity index (χ2n) is 9.86. The summed E-state index contributed by atoms with van der Waals surface area (Å²) < 4.78 is 70.0. The molecule has 3 fully saturated rings. The molecule has 0 N–H and O–H groups in total. The number of hydrogen-bond donors (Lipinski definition) is 0. The van der Waals surface area contributed by atoms with E-state index >= 15 is 0 Å². The molecule has 2 aliphatic heterocycles. The zero-order valence-electron chi connectivity index (χ0n) is 19.4. The molecule has 9 heteroatoms. The summed E-state index contributed by atoms with van der Waals surface area (Å²) in [6, 6.07) is 13.5. The van der Waals surface area contributed by atoms with Crippen molar-refractivity contribution in [2.45, 2.75) is 43.4 Å². The Morgan fingerprint density at radius 2 is 1.60 bits per heavy atom. The van der Waals surface area contributed by atoms with E-state index in [4.69, 9.17) is 0 Å². The number of piperidine rings is 1. The van der Waals surface area contributed by atoms with Crippen molar-refractivity contribution in [3.05, 3.63) is 60.2 Å². The van der Waals surface area contributed by atoms with Crippen LogP contribution in [0.15, 0.2) is 59.5 Å². The van der Waals surface area contributed by atoms with Crippen LogP contribution in [0.25, 0.3) is 6.08 Å². The van der Waals surface area contributed by atoms with Gasteiger partial charge in [-0.1, -0.05) is 36.4 Å². The lowest BCUT2D eigenvalue weighted by Crippen LogP contribution is -2.44. The number of anilines is 1. The standard InChI is InChI=1S/C26H29F3N2O3S/c27-26(28,29)34-23-3-1-2-4-24(23)35(32,33)31-17-14-25(15-18-31)13-16-30(19-25)22-11-9-21(10-12-22)8-7-20-5-6-20/h1-4,7-12,20H,5-6,13-19H2. The molecular formula is C26H29F3N2O3S. The maximum atomic E-state index is 13.2. The van der Waals surface area contributed by atoms with Gasteiger partial charge in [0.25, 0.3) is 0 Å². The van der Waals surface area contributed by atoms with E-state index in [0.717, 1.165) is 31.5 Å². The van der Waals surface area contributed by atoms with Crippen LogP contribution in [0, 0.1) is 11.3 Å². The van der Waals surface area contributed by atoms with Crippen molar-refractivity contribution in [3.8, 4) is 5.75 Å². The molecule has 2 heterocycles. The quantitative estimate of drug-likeness (QED) is 0.505. The summed E-state index contributed by atoms with van der Waals surface area (Å²) in [7, 11) is -4.10. The van der Waals surface area contributed by atoms with Gasteiger partial charge in [0.05, 0.1) is 0 Å². The minimum Gasteiger partial charge on any atom is -0.404 e. The summed E-state index contributed by atoms with van der Waals surface area (Å²) in [6.07, 6.45) is 4.39. The number of benzene rings is 2. The largest absolute Gasteiger partial charge is 0.573 e. The van der Waals surface area contributed by atoms with E-state index in [-0.39, 0.29) is 18.5 Å². The van der Waals surface area contributed by atoms with Crippen LogP contribution in [0.1, 0.15) is 37.7 Å². The van der Waals surface area contributed by atoms with Gasteiger partial charge in [-0.3, -0.25) is 0 Å². The molecule has 1 aliphatic carbocycles. The molecule has 35 heavy (non-hydrogen) atoms. The average molecular weight is 507 g/mol. The number of sulfonamides is 1. The normalized spacial score (nSPS) is 21.2. The van der Waals surface area contributed by atoms with Crippen LogP contribution in [0.4, 0.5) is 18.9 Å². The molecule has 0 radical (unpaired) electrons. The second-order valence-corrected chi connectivity index (χ2v) is 11.8. The highest BCUT2D eigenvalue weighted by atomic mass is 32.2. The van der Waals surface area contributed by atoms with Crippen LogP contribution in [0.5, 0.6) is 5.75 Å². The fourth-order valence-electron chi connectivity index (χ4n) is 5.11. The van der Waals surface area contributed by atoms with E-state index < -0.39 is 27.0 Å². The van der Waals surface area contributed by atoms with Crippen molar-refractivity contribution in [2.24, 2.45) is 11.3 Å². The number of rotatable bonds is 6. The Labute approximate surface area is 204 Å². The van der Waals surface area contributed by atoms with Gasteiger partial charge >= 0.3 is 6.36 Å². The third kappa shape index (κ3) is 5.51. The van der Waals surface area contributed by atoms with E-state index in [0.29, 0.717) is 12.8 Å². The van der Waals surface area contributed by atoms with Gasteiger partial charge < -0.3 is 9.64 Å². The Bertz CT molecular complexity index is 1180. The number of hydrogen-bond acceptors (Lipinski definition) is 4. The lowest BCUT2D eigenvalue weighted by Gasteiger charge is -2.38. The SMILES string of the molecule is O=S(=O)(c1ccccc1OC(F)(F)F)N1CCC2(CCN(c3ccc(C=CC4CC4)cc3)C2)CC1. The Hall–Kier alpha value is -2.52. The Morgan fingerprint density at radius 1 is 0.943 bits per heavy atom. The first-order valence-corrected chi connectivity index (χ1v) is 13.5. The summed E-state index contributed by atoms with van der Waals surface area (Å²) >= 11 is 0. The maximum absolute atomic E-state index is 13.2. The average Bonchev–Trinajstić information content (AvgIpc) is 3.57. The van der Waals surface area contributed by atoms with E-state index in [1.54, 1.807) is 0 Å². The number of halogens is 3. The number of allylic oxidation sites excluding steroid dienone is 1. The highest BCUT2D eigenvalue weighted by molar-refractivity contribution is 7.89. The molecule has 0 amide bonds. The van der Waals surface area contributed by atoms with Crippen molar-refractivity contribution >= 4 is 21.8 Å². The monoisotopic (exact) mass is 506 g/mol. The van der Waals surface area contributed by atoms with Crippen LogP contribution < -0.4 is 9.64 Å². The molecule has 0 aromatic heterocycles. The molecular weight excluding hydrogens is 477 g/mol. The summed E-state index contributed by atoms with van der Waals surface area (Å²) in [5.74, 6) is 0.0520. The third-order valence-corrected chi connectivity index (χ3v) is 9.29. The predicted molar refractivity (Wildman–Crippen MR) is 129 cm³/mol. The maximum Gasteiger partial charge on any atom is 0.573 e. The fourth-order valence-corrected chi connectivity index (χ4v) is 6.66. The van der Waals surface area contributed by atoms with Crippen molar-refractivity contribution in [2.75, 3.05) is 31.1 Å². The summed E-state index contributed by atoms with van der Waals surface area (Å²) in [6.45, 7) is 2.32. The Kier molecular flexibility index (Phi) is 6.34. The minimum atomic E-state index is -4.96. The van der Waals surface area contributed by atoms with Gasteiger partial charge in [0, 0.05) is 31.9 Å². The highest BCUT2D eigenvalue weighted by Gasteiger charge is 2.44. The van der Waals surface area contributed by atoms with Gasteiger partial charge in [0.2, 0.25) is 10.0 Å². The third-order valence-electron chi connectivity index (χ3n) is 7.36. The predicted octanol–water partition coefficient (Wildman–Crippen LogP) is 5.69. The molecule has 5 nitrogen and oxygen atoms in total. The fraction of sp³-hybridized carbons (Fsp3) is 0.462. The number of para-hydroxylation sites is 1. The zero-order chi connectivity index (χ0) is 24.7. The van der Waals surface area contributed by atoms with Crippen molar-refractivity contribution in [1.82, 2.24) is 4.31 Å². The van der Waals surface area contributed by atoms with Gasteiger partial charge in [-0.25, -0.2) is 8.42 Å². The molecule has 2 aromatic rings.